The smallest absolute Gasteiger partial charge is 0.227 e. The van der Waals surface area contributed by atoms with E-state index in [1.54, 1.807) is 25.1 Å². The van der Waals surface area contributed by atoms with Gasteiger partial charge in [0.05, 0.1) is 19.1 Å². The van der Waals surface area contributed by atoms with Gasteiger partial charge in [-0.15, -0.1) is 0 Å². The Morgan fingerprint density at radius 3 is 2.65 bits per heavy atom. The van der Waals surface area contributed by atoms with E-state index in [0.29, 0.717) is 13.1 Å². The number of nitrogens with zero attached hydrogens (tertiary/aromatic N) is 3. The van der Waals surface area contributed by atoms with E-state index in [9.17, 15) is 15.0 Å². The molecule has 1 aromatic rings. The first-order valence-electron chi connectivity index (χ1n) is 8.03. The standard InChI is InChI=1S/C17H27N3O3/c1-13-8-20(15-6-4-5-7-18-15)9-14(13)16(23)19(3)10-17(2,11-21)12-22/h4-7,13-14,21-22H,8-12H2,1-3H3/t13-,14-/m1/s1. The van der Waals surface area contributed by atoms with E-state index in [1.165, 1.54) is 0 Å². The summed E-state index contributed by atoms with van der Waals surface area (Å²) in [5, 5.41) is 18.8. The normalized spacial score (nSPS) is 21.5. The lowest BCUT2D eigenvalue weighted by Crippen LogP contribution is -2.45. The summed E-state index contributed by atoms with van der Waals surface area (Å²) in [6, 6.07) is 5.78. The topological polar surface area (TPSA) is 76.9 Å². The Hall–Kier alpha value is -1.66. The van der Waals surface area contributed by atoms with Crippen molar-refractivity contribution in [3.05, 3.63) is 24.4 Å². The Labute approximate surface area is 137 Å². The van der Waals surface area contributed by atoms with Crippen molar-refractivity contribution in [3.63, 3.8) is 0 Å². The third-order valence-electron chi connectivity index (χ3n) is 4.66. The van der Waals surface area contributed by atoms with E-state index >= 15 is 0 Å². The average molecular weight is 321 g/mol. The van der Waals surface area contributed by atoms with Crippen molar-refractivity contribution in [2.45, 2.75) is 13.8 Å². The molecule has 0 spiro atoms. The van der Waals surface area contributed by atoms with Gasteiger partial charge >= 0.3 is 0 Å². The predicted molar refractivity (Wildman–Crippen MR) is 89.0 cm³/mol. The molecule has 0 radical (unpaired) electrons. The Morgan fingerprint density at radius 2 is 2.09 bits per heavy atom. The van der Waals surface area contributed by atoms with Gasteiger partial charge in [0.25, 0.3) is 0 Å². The maximum Gasteiger partial charge on any atom is 0.227 e. The number of aromatic nitrogens is 1. The van der Waals surface area contributed by atoms with Gasteiger partial charge in [0.2, 0.25) is 5.91 Å². The fraction of sp³-hybridized carbons (Fsp3) is 0.647. The summed E-state index contributed by atoms with van der Waals surface area (Å²) >= 11 is 0. The average Bonchev–Trinajstić information content (AvgIpc) is 2.96. The molecule has 0 unspecified atom stereocenters. The van der Waals surface area contributed by atoms with Crippen molar-refractivity contribution in [1.29, 1.82) is 0 Å². The second-order valence-electron chi connectivity index (χ2n) is 7.00. The Balaban J connectivity index is 2.02. The van der Waals surface area contributed by atoms with Crippen molar-refractivity contribution in [2.24, 2.45) is 17.3 Å². The van der Waals surface area contributed by atoms with Gasteiger partial charge in [-0.25, -0.2) is 4.98 Å². The predicted octanol–water partition coefficient (Wildman–Crippen LogP) is 0.603. The van der Waals surface area contributed by atoms with Gasteiger partial charge in [0.1, 0.15) is 5.82 Å². The van der Waals surface area contributed by atoms with E-state index in [4.69, 9.17) is 0 Å². The Kier molecular flexibility index (Phi) is 5.59. The van der Waals surface area contributed by atoms with E-state index in [-0.39, 0.29) is 31.0 Å². The molecule has 1 aliphatic heterocycles. The molecule has 1 amide bonds. The maximum atomic E-state index is 12.8. The number of carbonyl (C=O) groups excluding carboxylic acids is 1. The van der Waals surface area contributed by atoms with Gasteiger partial charge in [0.15, 0.2) is 0 Å². The van der Waals surface area contributed by atoms with Crippen LogP contribution in [0.3, 0.4) is 0 Å². The molecule has 1 aliphatic rings. The molecule has 128 valence electrons. The quantitative estimate of drug-likeness (QED) is 0.802. The lowest BCUT2D eigenvalue weighted by molar-refractivity contribution is -0.136. The number of aliphatic hydroxyl groups is 2. The van der Waals surface area contributed by atoms with Crippen LogP contribution in [-0.2, 0) is 4.79 Å². The minimum atomic E-state index is -0.674. The Bertz CT molecular complexity index is 519. The maximum absolute atomic E-state index is 12.8. The number of anilines is 1. The zero-order chi connectivity index (χ0) is 17.0. The van der Waals surface area contributed by atoms with Crippen LogP contribution in [-0.4, -0.2) is 65.9 Å². The van der Waals surface area contributed by atoms with E-state index in [0.717, 1.165) is 12.4 Å². The highest BCUT2D eigenvalue weighted by Crippen LogP contribution is 2.28. The fourth-order valence-corrected chi connectivity index (χ4v) is 3.10. The minimum absolute atomic E-state index is 0.0593. The SMILES string of the molecule is C[C@@H]1CN(c2ccccn2)C[C@H]1C(=O)N(C)CC(C)(CO)CO. The number of rotatable bonds is 6. The molecule has 2 N–H and O–H groups in total. The molecular formula is C17H27N3O3. The zero-order valence-electron chi connectivity index (χ0n) is 14.1. The van der Waals surface area contributed by atoms with E-state index in [2.05, 4.69) is 16.8 Å². The van der Waals surface area contributed by atoms with Crippen LogP contribution in [0.2, 0.25) is 0 Å². The first-order chi connectivity index (χ1) is 10.9. The molecule has 2 rings (SSSR count). The number of hydrogen-bond acceptors (Lipinski definition) is 5. The van der Waals surface area contributed by atoms with Crippen LogP contribution >= 0.6 is 0 Å². The van der Waals surface area contributed by atoms with E-state index in [1.807, 2.05) is 18.2 Å². The molecule has 1 aromatic heterocycles. The van der Waals surface area contributed by atoms with Crippen LogP contribution in [0.15, 0.2) is 24.4 Å². The molecule has 23 heavy (non-hydrogen) atoms. The van der Waals surface area contributed by atoms with Crippen LogP contribution in [0.4, 0.5) is 5.82 Å². The zero-order valence-corrected chi connectivity index (χ0v) is 14.1. The summed E-state index contributed by atoms with van der Waals surface area (Å²) in [7, 11) is 1.74. The number of carbonyl (C=O) groups is 1. The summed E-state index contributed by atoms with van der Waals surface area (Å²) in [6.07, 6.45) is 1.76. The van der Waals surface area contributed by atoms with E-state index < -0.39 is 5.41 Å². The van der Waals surface area contributed by atoms with Gasteiger partial charge in [-0.1, -0.05) is 19.9 Å². The molecule has 0 saturated carbocycles. The van der Waals surface area contributed by atoms with Gasteiger partial charge in [-0.3, -0.25) is 4.79 Å². The second kappa shape index (κ2) is 7.27. The van der Waals surface area contributed by atoms with Crippen LogP contribution in [0, 0.1) is 17.3 Å². The fourth-order valence-electron chi connectivity index (χ4n) is 3.10. The minimum Gasteiger partial charge on any atom is -0.396 e. The summed E-state index contributed by atoms with van der Waals surface area (Å²) in [6.45, 7) is 5.34. The first-order valence-corrected chi connectivity index (χ1v) is 8.03. The van der Waals surface area contributed by atoms with Crippen LogP contribution in [0.5, 0.6) is 0 Å². The summed E-state index contributed by atoms with van der Waals surface area (Å²) < 4.78 is 0. The molecule has 2 atom stereocenters. The van der Waals surface area contributed by atoms with Crippen molar-refractivity contribution < 1.29 is 15.0 Å². The molecule has 0 bridgehead atoms. The van der Waals surface area contributed by atoms with Gasteiger partial charge in [-0.05, 0) is 18.1 Å². The number of amides is 1. The van der Waals surface area contributed by atoms with Gasteiger partial charge in [0, 0.05) is 38.3 Å². The molecule has 2 heterocycles. The number of pyridine rings is 1. The molecule has 6 heteroatoms. The summed E-state index contributed by atoms with van der Waals surface area (Å²) in [5.41, 5.74) is -0.674. The molecule has 1 saturated heterocycles. The summed E-state index contributed by atoms with van der Waals surface area (Å²) in [5.74, 6) is 1.10. The molecule has 0 aliphatic carbocycles. The third kappa shape index (κ3) is 4.00. The van der Waals surface area contributed by atoms with Crippen LogP contribution < -0.4 is 4.90 Å². The van der Waals surface area contributed by atoms with Crippen molar-refractivity contribution >= 4 is 11.7 Å². The number of aliphatic hydroxyl groups excluding tert-OH is 2. The number of hydrogen-bond donors (Lipinski definition) is 2. The van der Waals surface area contributed by atoms with Crippen LogP contribution in [0.1, 0.15) is 13.8 Å². The highest BCUT2D eigenvalue weighted by molar-refractivity contribution is 5.80. The van der Waals surface area contributed by atoms with Gasteiger partial charge in [-0.2, -0.15) is 0 Å². The molecule has 6 nitrogen and oxygen atoms in total. The highest BCUT2D eigenvalue weighted by Gasteiger charge is 2.38. The highest BCUT2D eigenvalue weighted by atomic mass is 16.3. The molecule has 1 fully saturated rings. The first kappa shape index (κ1) is 17.7. The van der Waals surface area contributed by atoms with Crippen molar-refractivity contribution in [2.75, 3.05) is 44.8 Å². The second-order valence-corrected chi connectivity index (χ2v) is 7.00. The van der Waals surface area contributed by atoms with Gasteiger partial charge < -0.3 is 20.0 Å². The lowest BCUT2D eigenvalue weighted by atomic mass is 9.91. The molecular weight excluding hydrogens is 294 g/mol. The van der Waals surface area contributed by atoms with Crippen molar-refractivity contribution in [3.8, 4) is 0 Å². The monoisotopic (exact) mass is 321 g/mol. The van der Waals surface area contributed by atoms with Crippen LogP contribution in [0.25, 0.3) is 0 Å². The Morgan fingerprint density at radius 1 is 1.39 bits per heavy atom. The third-order valence-corrected chi connectivity index (χ3v) is 4.66. The molecule has 0 aromatic carbocycles. The lowest BCUT2D eigenvalue weighted by Gasteiger charge is -2.32. The summed E-state index contributed by atoms with van der Waals surface area (Å²) in [4.78, 5) is 20.9. The largest absolute Gasteiger partial charge is 0.396 e. The van der Waals surface area contributed by atoms with Crippen molar-refractivity contribution in [1.82, 2.24) is 9.88 Å².